The molecule has 1 aliphatic rings. The quantitative estimate of drug-likeness (QED) is 0.626. The van der Waals surface area contributed by atoms with Crippen LogP contribution in [0, 0.1) is 17.8 Å². The highest BCUT2D eigenvalue weighted by Crippen LogP contribution is 2.42. The van der Waals surface area contributed by atoms with Gasteiger partial charge in [0, 0.05) is 5.92 Å². The molecule has 3 atom stereocenters. The molecule has 0 saturated carbocycles. The van der Waals surface area contributed by atoms with Crippen LogP contribution in [0.2, 0.25) is 0 Å². The Morgan fingerprint density at radius 3 is 2.15 bits per heavy atom. The zero-order chi connectivity index (χ0) is 10.2. The maximum absolute atomic E-state index is 12.5. The summed E-state index contributed by atoms with van der Waals surface area (Å²) in [4.78, 5) is 0. The summed E-state index contributed by atoms with van der Waals surface area (Å²) in [5, 5.41) is 0. The van der Waals surface area contributed by atoms with Gasteiger partial charge >= 0.3 is 6.18 Å². The van der Waals surface area contributed by atoms with E-state index in [1.165, 1.54) is 0 Å². The van der Waals surface area contributed by atoms with Crippen molar-refractivity contribution in [2.75, 3.05) is 6.61 Å². The summed E-state index contributed by atoms with van der Waals surface area (Å²) in [6.07, 6.45) is -4.38. The van der Waals surface area contributed by atoms with Crippen LogP contribution in [0.25, 0.3) is 0 Å². The Morgan fingerprint density at radius 1 is 1.31 bits per heavy atom. The van der Waals surface area contributed by atoms with Crippen molar-refractivity contribution in [2.45, 2.75) is 33.1 Å². The highest BCUT2D eigenvalue weighted by atomic mass is 19.4. The molecule has 0 spiro atoms. The van der Waals surface area contributed by atoms with E-state index in [0.29, 0.717) is 0 Å². The van der Waals surface area contributed by atoms with Gasteiger partial charge in [-0.2, -0.15) is 13.2 Å². The van der Waals surface area contributed by atoms with Crippen LogP contribution in [0.3, 0.4) is 0 Å². The van der Waals surface area contributed by atoms with Crippen molar-refractivity contribution in [1.29, 1.82) is 0 Å². The summed E-state index contributed by atoms with van der Waals surface area (Å²) in [6.45, 7) is 5.17. The van der Waals surface area contributed by atoms with Crippen molar-refractivity contribution in [3.05, 3.63) is 0 Å². The van der Waals surface area contributed by atoms with Gasteiger partial charge in [-0.1, -0.05) is 13.8 Å². The first-order chi connectivity index (χ1) is 5.84. The molecule has 13 heavy (non-hydrogen) atoms. The van der Waals surface area contributed by atoms with Crippen LogP contribution in [-0.2, 0) is 4.74 Å². The summed E-state index contributed by atoms with van der Waals surface area (Å²) in [5.74, 6) is -1.65. The molecule has 1 saturated heterocycles. The third-order valence-electron chi connectivity index (χ3n) is 2.74. The van der Waals surface area contributed by atoms with Gasteiger partial charge in [0.15, 0.2) is 0 Å². The fourth-order valence-corrected chi connectivity index (χ4v) is 2.12. The molecule has 0 aromatic heterocycles. The maximum Gasteiger partial charge on any atom is 0.394 e. The number of ether oxygens (including phenoxy) is 1. The SMILES string of the molecule is CC(C)C1C(C)OCC1C(F)(F)F. The molecule has 1 nitrogen and oxygen atoms in total. The second kappa shape index (κ2) is 3.48. The van der Waals surface area contributed by atoms with Crippen LogP contribution >= 0.6 is 0 Å². The van der Waals surface area contributed by atoms with Gasteiger partial charge in [0.2, 0.25) is 0 Å². The van der Waals surface area contributed by atoms with E-state index in [2.05, 4.69) is 0 Å². The molecular formula is C9H15F3O. The summed E-state index contributed by atoms with van der Waals surface area (Å²) in [7, 11) is 0. The minimum atomic E-state index is -4.11. The summed E-state index contributed by atoms with van der Waals surface area (Å²) >= 11 is 0. The topological polar surface area (TPSA) is 9.23 Å². The summed E-state index contributed by atoms with van der Waals surface area (Å²) in [5.41, 5.74) is 0. The fourth-order valence-electron chi connectivity index (χ4n) is 2.12. The lowest BCUT2D eigenvalue weighted by Gasteiger charge is -2.25. The van der Waals surface area contributed by atoms with E-state index in [0.717, 1.165) is 0 Å². The van der Waals surface area contributed by atoms with Gasteiger partial charge in [-0.15, -0.1) is 0 Å². The first-order valence-corrected chi connectivity index (χ1v) is 4.52. The second-order valence-electron chi connectivity index (χ2n) is 4.01. The number of halogens is 3. The Morgan fingerprint density at radius 2 is 1.85 bits per heavy atom. The molecule has 0 aromatic carbocycles. The highest BCUT2D eigenvalue weighted by molar-refractivity contribution is 4.87. The van der Waals surface area contributed by atoms with Gasteiger partial charge in [0.25, 0.3) is 0 Å². The third-order valence-corrected chi connectivity index (χ3v) is 2.74. The average Bonchev–Trinajstić information content (AvgIpc) is 2.28. The van der Waals surface area contributed by atoms with Crippen molar-refractivity contribution in [3.63, 3.8) is 0 Å². The van der Waals surface area contributed by atoms with Gasteiger partial charge < -0.3 is 4.74 Å². The molecule has 1 aliphatic heterocycles. The largest absolute Gasteiger partial charge is 0.394 e. The van der Waals surface area contributed by atoms with Crippen LogP contribution in [0.4, 0.5) is 13.2 Å². The first-order valence-electron chi connectivity index (χ1n) is 4.52. The maximum atomic E-state index is 12.5. The van der Waals surface area contributed by atoms with Crippen LogP contribution in [0.15, 0.2) is 0 Å². The lowest BCUT2D eigenvalue weighted by atomic mass is 9.82. The van der Waals surface area contributed by atoms with Gasteiger partial charge in [-0.25, -0.2) is 0 Å². The molecular weight excluding hydrogens is 181 g/mol. The van der Waals surface area contributed by atoms with E-state index >= 15 is 0 Å². The predicted octanol–water partition coefficient (Wildman–Crippen LogP) is 2.86. The lowest BCUT2D eigenvalue weighted by Crippen LogP contribution is -2.34. The minimum Gasteiger partial charge on any atom is -0.378 e. The van der Waals surface area contributed by atoms with E-state index in [-0.39, 0.29) is 24.5 Å². The Balaban J connectivity index is 2.76. The molecule has 0 aliphatic carbocycles. The molecule has 4 heteroatoms. The molecule has 0 aromatic rings. The van der Waals surface area contributed by atoms with Crippen molar-refractivity contribution in [2.24, 2.45) is 17.8 Å². The third kappa shape index (κ3) is 2.16. The Kier molecular flexibility index (Phi) is 2.90. The minimum absolute atomic E-state index is 0.0177. The fraction of sp³-hybridized carbons (Fsp3) is 1.00. The Hall–Kier alpha value is -0.250. The van der Waals surface area contributed by atoms with Gasteiger partial charge in [0.05, 0.1) is 18.6 Å². The van der Waals surface area contributed by atoms with Gasteiger partial charge in [-0.3, -0.25) is 0 Å². The monoisotopic (exact) mass is 196 g/mol. The summed E-state index contributed by atoms with van der Waals surface area (Å²) < 4.78 is 42.4. The van der Waals surface area contributed by atoms with Crippen molar-refractivity contribution in [1.82, 2.24) is 0 Å². The van der Waals surface area contributed by atoms with Crippen molar-refractivity contribution in [3.8, 4) is 0 Å². The van der Waals surface area contributed by atoms with Gasteiger partial charge in [0.1, 0.15) is 0 Å². The zero-order valence-electron chi connectivity index (χ0n) is 8.06. The number of hydrogen-bond acceptors (Lipinski definition) is 1. The van der Waals surface area contributed by atoms with Gasteiger partial charge in [-0.05, 0) is 12.8 Å². The normalized spacial score (nSPS) is 35.8. The lowest BCUT2D eigenvalue weighted by molar-refractivity contribution is -0.185. The Bertz CT molecular complexity index is 176. The molecule has 78 valence electrons. The zero-order valence-corrected chi connectivity index (χ0v) is 8.06. The summed E-state index contributed by atoms with van der Waals surface area (Å²) in [6, 6.07) is 0. The van der Waals surface area contributed by atoms with E-state index in [1.54, 1.807) is 6.92 Å². The van der Waals surface area contributed by atoms with E-state index in [9.17, 15) is 13.2 Å². The second-order valence-corrected chi connectivity index (χ2v) is 4.01. The molecule has 3 unspecified atom stereocenters. The van der Waals surface area contributed by atoms with Crippen LogP contribution in [0.1, 0.15) is 20.8 Å². The Labute approximate surface area is 76.3 Å². The molecule has 0 N–H and O–H groups in total. The van der Waals surface area contributed by atoms with Crippen LogP contribution < -0.4 is 0 Å². The standard InChI is InChI=1S/C9H15F3O/c1-5(2)8-6(3)13-4-7(8)9(10,11)12/h5-8H,4H2,1-3H3. The highest BCUT2D eigenvalue weighted by Gasteiger charge is 2.51. The van der Waals surface area contributed by atoms with Crippen molar-refractivity contribution >= 4 is 0 Å². The van der Waals surface area contributed by atoms with E-state index < -0.39 is 12.1 Å². The average molecular weight is 196 g/mol. The number of hydrogen-bond donors (Lipinski definition) is 0. The van der Waals surface area contributed by atoms with Crippen LogP contribution in [0.5, 0.6) is 0 Å². The van der Waals surface area contributed by atoms with Crippen LogP contribution in [-0.4, -0.2) is 18.9 Å². The van der Waals surface area contributed by atoms with Crippen molar-refractivity contribution < 1.29 is 17.9 Å². The molecule has 1 heterocycles. The van der Waals surface area contributed by atoms with E-state index in [4.69, 9.17) is 4.74 Å². The predicted molar refractivity (Wildman–Crippen MR) is 43.3 cm³/mol. The smallest absolute Gasteiger partial charge is 0.378 e. The molecule has 0 amide bonds. The first kappa shape index (κ1) is 10.8. The number of rotatable bonds is 1. The van der Waals surface area contributed by atoms with E-state index in [1.807, 2.05) is 13.8 Å². The molecule has 1 fully saturated rings. The number of alkyl halides is 3. The molecule has 1 rings (SSSR count). The molecule has 0 bridgehead atoms. The molecule has 0 radical (unpaired) electrons.